The van der Waals surface area contributed by atoms with Crippen molar-refractivity contribution in [1.29, 1.82) is 0 Å². The van der Waals surface area contributed by atoms with Gasteiger partial charge in [-0.05, 0) is 12.1 Å². The summed E-state index contributed by atoms with van der Waals surface area (Å²) in [5.74, 6) is -0.962. The third-order valence-corrected chi connectivity index (χ3v) is 2.39. The first-order valence-electron chi connectivity index (χ1n) is 4.43. The molecule has 3 aromatic heterocycles. The standard InChI is InChI=1S/C10H7N3O2/c14-10(15)8-5-6-7(12-8)1-3-13-4-2-11-9(6)13/h1-5,12H,(H,14,15). The number of nitrogens with one attached hydrogen (secondary N) is 1. The molecule has 15 heavy (non-hydrogen) atoms. The molecule has 0 aliphatic heterocycles. The summed E-state index contributed by atoms with van der Waals surface area (Å²) >= 11 is 0. The highest BCUT2D eigenvalue weighted by atomic mass is 16.4. The molecule has 0 aromatic carbocycles. The fraction of sp³-hybridized carbons (Fsp3) is 0. The molecule has 3 aromatic rings. The van der Waals surface area contributed by atoms with Crippen molar-refractivity contribution in [2.24, 2.45) is 0 Å². The normalized spacial score (nSPS) is 11.2. The van der Waals surface area contributed by atoms with Crippen LogP contribution in [0, 0.1) is 0 Å². The Morgan fingerprint density at radius 1 is 1.47 bits per heavy atom. The SMILES string of the molecule is O=C(O)c1cc2c(ccn3ccnc23)[nH]1. The van der Waals surface area contributed by atoms with Crippen molar-refractivity contribution in [2.45, 2.75) is 0 Å². The first kappa shape index (κ1) is 8.05. The largest absolute Gasteiger partial charge is 0.477 e. The van der Waals surface area contributed by atoms with E-state index in [1.165, 1.54) is 0 Å². The van der Waals surface area contributed by atoms with Gasteiger partial charge in [-0.3, -0.25) is 0 Å². The molecular formula is C10H7N3O2. The average Bonchev–Trinajstić information content (AvgIpc) is 2.82. The molecule has 2 N–H and O–H groups in total. The van der Waals surface area contributed by atoms with Crippen molar-refractivity contribution in [3.05, 3.63) is 36.4 Å². The van der Waals surface area contributed by atoms with Gasteiger partial charge in [-0.1, -0.05) is 0 Å². The maximum Gasteiger partial charge on any atom is 0.352 e. The van der Waals surface area contributed by atoms with Crippen molar-refractivity contribution in [2.75, 3.05) is 0 Å². The van der Waals surface area contributed by atoms with Crippen LogP contribution in [0.2, 0.25) is 0 Å². The Hall–Kier alpha value is -2.30. The number of imidazole rings is 1. The van der Waals surface area contributed by atoms with E-state index in [2.05, 4.69) is 9.97 Å². The lowest BCUT2D eigenvalue weighted by Crippen LogP contribution is -1.94. The predicted octanol–water partition coefficient (Wildman–Crippen LogP) is 1.51. The van der Waals surface area contributed by atoms with Crippen molar-refractivity contribution in [3.63, 3.8) is 0 Å². The van der Waals surface area contributed by atoms with Gasteiger partial charge in [0.1, 0.15) is 11.3 Å². The van der Waals surface area contributed by atoms with Gasteiger partial charge in [0.2, 0.25) is 0 Å². The quantitative estimate of drug-likeness (QED) is 0.627. The minimum atomic E-state index is -0.962. The molecule has 0 unspecified atom stereocenters. The summed E-state index contributed by atoms with van der Waals surface area (Å²) in [6, 6.07) is 3.43. The summed E-state index contributed by atoms with van der Waals surface area (Å²) < 4.78 is 1.85. The molecule has 0 atom stereocenters. The van der Waals surface area contributed by atoms with E-state index in [4.69, 9.17) is 5.11 Å². The van der Waals surface area contributed by atoms with Crippen LogP contribution in [-0.2, 0) is 0 Å². The zero-order chi connectivity index (χ0) is 10.4. The van der Waals surface area contributed by atoms with E-state index in [-0.39, 0.29) is 5.69 Å². The molecule has 0 aliphatic carbocycles. The first-order valence-corrected chi connectivity index (χ1v) is 4.43. The van der Waals surface area contributed by atoms with Crippen LogP contribution in [0.1, 0.15) is 10.5 Å². The summed E-state index contributed by atoms with van der Waals surface area (Å²) in [5, 5.41) is 9.67. The van der Waals surface area contributed by atoms with E-state index < -0.39 is 5.97 Å². The van der Waals surface area contributed by atoms with Gasteiger partial charge in [0.15, 0.2) is 0 Å². The van der Waals surface area contributed by atoms with E-state index in [1.54, 1.807) is 12.3 Å². The number of nitrogens with zero attached hydrogens (tertiary/aromatic N) is 2. The number of pyridine rings is 1. The maximum atomic E-state index is 10.8. The minimum Gasteiger partial charge on any atom is -0.477 e. The Balaban J connectivity index is 2.46. The van der Waals surface area contributed by atoms with E-state index in [0.717, 1.165) is 16.6 Å². The molecule has 0 spiro atoms. The number of H-pyrrole nitrogens is 1. The Morgan fingerprint density at radius 3 is 3.13 bits per heavy atom. The molecule has 5 nitrogen and oxygen atoms in total. The number of aromatic amines is 1. The number of aromatic nitrogens is 3. The summed E-state index contributed by atoms with van der Waals surface area (Å²) in [7, 11) is 0. The van der Waals surface area contributed by atoms with Crippen LogP contribution >= 0.6 is 0 Å². The minimum absolute atomic E-state index is 0.182. The van der Waals surface area contributed by atoms with Gasteiger partial charge in [0.25, 0.3) is 0 Å². The molecule has 0 bridgehead atoms. The van der Waals surface area contributed by atoms with Gasteiger partial charge < -0.3 is 14.5 Å². The molecule has 0 amide bonds. The van der Waals surface area contributed by atoms with Crippen LogP contribution in [-0.4, -0.2) is 25.4 Å². The second-order valence-electron chi connectivity index (χ2n) is 3.29. The van der Waals surface area contributed by atoms with Crippen LogP contribution in [0.15, 0.2) is 30.7 Å². The fourth-order valence-electron chi connectivity index (χ4n) is 1.70. The van der Waals surface area contributed by atoms with Crippen molar-refractivity contribution < 1.29 is 9.90 Å². The molecule has 0 fully saturated rings. The molecule has 0 saturated heterocycles. The lowest BCUT2D eigenvalue weighted by atomic mass is 10.3. The number of fused-ring (bicyclic) bond motifs is 3. The number of carboxylic acid groups (broad SMARTS) is 1. The first-order chi connectivity index (χ1) is 7.25. The number of rotatable bonds is 1. The second kappa shape index (κ2) is 2.60. The summed E-state index contributed by atoms with van der Waals surface area (Å²) in [6.07, 6.45) is 5.34. The average molecular weight is 201 g/mol. The second-order valence-corrected chi connectivity index (χ2v) is 3.29. The monoisotopic (exact) mass is 201 g/mol. The fourth-order valence-corrected chi connectivity index (χ4v) is 1.70. The van der Waals surface area contributed by atoms with Crippen LogP contribution in [0.25, 0.3) is 16.6 Å². The van der Waals surface area contributed by atoms with Gasteiger partial charge in [0, 0.05) is 24.0 Å². The van der Waals surface area contributed by atoms with Crippen LogP contribution < -0.4 is 0 Å². The molecular weight excluding hydrogens is 194 g/mol. The third-order valence-electron chi connectivity index (χ3n) is 2.39. The Morgan fingerprint density at radius 2 is 2.33 bits per heavy atom. The smallest absolute Gasteiger partial charge is 0.352 e. The summed E-state index contributed by atoms with van der Waals surface area (Å²) in [5.41, 5.74) is 1.73. The summed E-state index contributed by atoms with van der Waals surface area (Å²) in [6.45, 7) is 0. The molecule has 5 heteroatoms. The predicted molar refractivity (Wildman–Crippen MR) is 54.0 cm³/mol. The highest BCUT2D eigenvalue weighted by Gasteiger charge is 2.09. The van der Waals surface area contributed by atoms with Gasteiger partial charge >= 0.3 is 5.97 Å². The lowest BCUT2D eigenvalue weighted by Gasteiger charge is -1.93. The van der Waals surface area contributed by atoms with E-state index >= 15 is 0 Å². The number of carbonyl (C=O) groups is 1. The number of hydrogen-bond donors (Lipinski definition) is 2. The molecule has 74 valence electrons. The third kappa shape index (κ3) is 1.03. The van der Waals surface area contributed by atoms with E-state index in [0.29, 0.717) is 0 Å². The highest BCUT2D eigenvalue weighted by molar-refractivity contribution is 5.99. The molecule has 3 heterocycles. The van der Waals surface area contributed by atoms with E-state index in [9.17, 15) is 4.79 Å². The topological polar surface area (TPSA) is 70.4 Å². The maximum absolute atomic E-state index is 10.8. The Labute approximate surface area is 84.0 Å². The van der Waals surface area contributed by atoms with Crippen LogP contribution in [0.5, 0.6) is 0 Å². The van der Waals surface area contributed by atoms with Gasteiger partial charge in [0.05, 0.1) is 5.52 Å². The zero-order valence-electron chi connectivity index (χ0n) is 7.64. The lowest BCUT2D eigenvalue weighted by molar-refractivity contribution is 0.0691. The molecule has 0 saturated carbocycles. The van der Waals surface area contributed by atoms with Gasteiger partial charge in [-0.25, -0.2) is 9.78 Å². The molecule has 0 radical (unpaired) electrons. The number of carboxylic acids is 1. The van der Waals surface area contributed by atoms with Crippen molar-refractivity contribution in [3.8, 4) is 0 Å². The number of hydrogen-bond acceptors (Lipinski definition) is 2. The Bertz CT molecular complexity index is 665. The molecule has 3 rings (SSSR count). The summed E-state index contributed by atoms with van der Waals surface area (Å²) in [4.78, 5) is 17.8. The van der Waals surface area contributed by atoms with Gasteiger partial charge in [-0.2, -0.15) is 0 Å². The molecule has 0 aliphatic rings. The Kier molecular flexibility index (Phi) is 1.39. The van der Waals surface area contributed by atoms with Gasteiger partial charge in [-0.15, -0.1) is 0 Å². The number of aromatic carboxylic acids is 1. The zero-order valence-corrected chi connectivity index (χ0v) is 7.64. The van der Waals surface area contributed by atoms with Crippen LogP contribution in [0.4, 0.5) is 0 Å². The van der Waals surface area contributed by atoms with Crippen molar-refractivity contribution >= 4 is 22.5 Å². The van der Waals surface area contributed by atoms with Crippen molar-refractivity contribution in [1.82, 2.24) is 14.4 Å². The highest BCUT2D eigenvalue weighted by Crippen LogP contribution is 2.19. The van der Waals surface area contributed by atoms with Crippen LogP contribution in [0.3, 0.4) is 0 Å². The van der Waals surface area contributed by atoms with E-state index in [1.807, 2.05) is 22.9 Å².